The summed E-state index contributed by atoms with van der Waals surface area (Å²) in [5.74, 6) is 0.276. The van der Waals surface area contributed by atoms with Gasteiger partial charge in [-0.3, -0.25) is 0 Å². The van der Waals surface area contributed by atoms with Crippen LogP contribution >= 0.6 is 23.2 Å². The number of benzene rings is 1. The van der Waals surface area contributed by atoms with Crippen molar-refractivity contribution in [2.45, 2.75) is 6.18 Å². The van der Waals surface area contributed by atoms with E-state index in [9.17, 15) is 13.2 Å². The van der Waals surface area contributed by atoms with Gasteiger partial charge in [0.1, 0.15) is 5.69 Å². The number of alkyl halides is 3. The number of fused-ring (bicyclic) bond motifs is 1. The lowest BCUT2D eigenvalue weighted by Crippen LogP contribution is -2.06. The van der Waals surface area contributed by atoms with Crippen molar-refractivity contribution >= 4 is 28.8 Å². The molecule has 0 amide bonds. The highest BCUT2D eigenvalue weighted by molar-refractivity contribution is 6.33. The van der Waals surface area contributed by atoms with Gasteiger partial charge in [-0.25, -0.2) is 4.98 Å². The average Bonchev–Trinajstić information content (AvgIpc) is 3.21. The Labute approximate surface area is 154 Å². The Balaban J connectivity index is 1.79. The van der Waals surface area contributed by atoms with Crippen molar-refractivity contribution in [1.82, 2.24) is 19.5 Å². The topological polar surface area (TPSA) is 56.2 Å². The van der Waals surface area contributed by atoms with Gasteiger partial charge < -0.3 is 8.92 Å². The van der Waals surface area contributed by atoms with Crippen LogP contribution in [0.3, 0.4) is 0 Å². The summed E-state index contributed by atoms with van der Waals surface area (Å²) in [5, 5.41) is 4.14. The minimum Gasteiger partial charge on any atom is -0.332 e. The first-order valence-electron chi connectivity index (χ1n) is 7.17. The normalized spacial score (nSPS) is 12.0. The molecule has 0 N–H and O–H groups in total. The summed E-state index contributed by atoms with van der Waals surface area (Å²) in [5.41, 5.74) is 0.00995. The second kappa shape index (κ2) is 6.00. The van der Waals surface area contributed by atoms with E-state index in [1.165, 1.54) is 10.6 Å². The standard InChI is InChI=1S/C16H7Cl2F3N4O/c17-10-4-2-1-3-9(10)13-23-15(26-24-13)12-7-25-6-8(16(19,20)21)5-11(18)14(25)22-12/h1-7H. The first kappa shape index (κ1) is 16.9. The maximum absolute atomic E-state index is 12.9. The van der Waals surface area contributed by atoms with Crippen molar-refractivity contribution in [3.05, 3.63) is 58.3 Å². The molecule has 3 aromatic heterocycles. The molecule has 0 fully saturated rings. The number of imidazole rings is 1. The van der Waals surface area contributed by atoms with E-state index in [1.807, 2.05) is 0 Å². The van der Waals surface area contributed by atoms with Crippen LogP contribution in [0.4, 0.5) is 13.2 Å². The van der Waals surface area contributed by atoms with Crippen LogP contribution in [0.2, 0.25) is 10.0 Å². The van der Waals surface area contributed by atoms with E-state index in [0.717, 1.165) is 12.3 Å². The highest BCUT2D eigenvalue weighted by atomic mass is 35.5. The maximum Gasteiger partial charge on any atom is 0.417 e. The molecule has 132 valence electrons. The second-order valence-corrected chi connectivity index (χ2v) is 6.15. The molecule has 3 heterocycles. The van der Waals surface area contributed by atoms with Gasteiger partial charge in [-0.1, -0.05) is 40.5 Å². The molecule has 0 aliphatic carbocycles. The van der Waals surface area contributed by atoms with E-state index in [2.05, 4.69) is 15.1 Å². The first-order valence-corrected chi connectivity index (χ1v) is 7.93. The van der Waals surface area contributed by atoms with E-state index in [0.29, 0.717) is 10.6 Å². The minimum atomic E-state index is -4.52. The summed E-state index contributed by atoms with van der Waals surface area (Å²) < 4.78 is 45.1. The third-order valence-corrected chi connectivity index (χ3v) is 4.20. The Morgan fingerprint density at radius 3 is 2.50 bits per heavy atom. The smallest absolute Gasteiger partial charge is 0.332 e. The van der Waals surface area contributed by atoms with Gasteiger partial charge in [0.25, 0.3) is 5.89 Å². The number of aromatic nitrogens is 4. The fourth-order valence-corrected chi connectivity index (χ4v) is 2.87. The zero-order chi connectivity index (χ0) is 18.5. The third-order valence-electron chi connectivity index (χ3n) is 3.59. The van der Waals surface area contributed by atoms with Crippen LogP contribution in [0.5, 0.6) is 0 Å². The van der Waals surface area contributed by atoms with Crippen LogP contribution in [0.1, 0.15) is 5.56 Å². The van der Waals surface area contributed by atoms with Crippen molar-refractivity contribution in [1.29, 1.82) is 0 Å². The Bertz CT molecular complexity index is 1120. The van der Waals surface area contributed by atoms with Gasteiger partial charge in [0, 0.05) is 18.0 Å². The molecule has 10 heteroatoms. The molecule has 0 aliphatic rings. The molecule has 0 atom stereocenters. The molecule has 0 aliphatic heterocycles. The molecule has 0 saturated carbocycles. The number of pyridine rings is 1. The highest BCUT2D eigenvalue weighted by Gasteiger charge is 2.32. The van der Waals surface area contributed by atoms with Gasteiger partial charge in [-0.2, -0.15) is 18.2 Å². The molecule has 1 aromatic carbocycles. The van der Waals surface area contributed by atoms with Gasteiger partial charge in [-0.15, -0.1) is 0 Å². The van der Waals surface area contributed by atoms with Crippen LogP contribution in [-0.2, 0) is 6.18 Å². The highest BCUT2D eigenvalue weighted by Crippen LogP contribution is 2.33. The Kier molecular flexibility index (Phi) is 3.89. The summed E-state index contributed by atoms with van der Waals surface area (Å²) in [6, 6.07) is 7.73. The van der Waals surface area contributed by atoms with Crippen molar-refractivity contribution < 1.29 is 17.7 Å². The lowest BCUT2D eigenvalue weighted by atomic mass is 10.2. The summed E-state index contributed by atoms with van der Waals surface area (Å²) in [7, 11) is 0. The van der Waals surface area contributed by atoms with Gasteiger partial charge in [0.2, 0.25) is 5.82 Å². The maximum atomic E-state index is 12.9. The number of nitrogens with zero attached hydrogens (tertiary/aromatic N) is 4. The Hall–Kier alpha value is -2.58. The summed E-state index contributed by atoms with van der Waals surface area (Å²) in [6.45, 7) is 0. The lowest BCUT2D eigenvalue weighted by molar-refractivity contribution is -0.137. The van der Waals surface area contributed by atoms with E-state index >= 15 is 0 Å². The second-order valence-electron chi connectivity index (χ2n) is 5.33. The van der Waals surface area contributed by atoms with Crippen molar-refractivity contribution in [3.63, 3.8) is 0 Å². The quantitative estimate of drug-likeness (QED) is 0.454. The van der Waals surface area contributed by atoms with Crippen LogP contribution in [-0.4, -0.2) is 19.5 Å². The van der Waals surface area contributed by atoms with E-state index in [4.69, 9.17) is 27.7 Å². The molecule has 4 aromatic rings. The molecule has 4 rings (SSSR count). The SMILES string of the molecule is FC(F)(F)c1cc(Cl)c2nc(-c3nc(-c4ccccc4Cl)no3)cn2c1. The van der Waals surface area contributed by atoms with Crippen LogP contribution in [0.25, 0.3) is 28.6 Å². The molecule has 0 radical (unpaired) electrons. The number of hydrogen-bond acceptors (Lipinski definition) is 4. The summed E-state index contributed by atoms with van der Waals surface area (Å²) in [4.78, 5) is 8.37. The van der Waals surface area contributed by atoms with Crippen LogP contribution in [0, 0.1) is 0 Å². The van der Waals surface area contributed by atoms with Gasteiger partial charge >= 0.3 is 6.18 Å². The van der Waals surface area contributed by atoms with Crippen LogP contribution in [0.15, 0.2) is 47.2 Å². The third kappa shape index (κ3) is 2.91. The monoisotopic (exact) mass is 398 g/mol. The van der Waals surface area contributed by atoms with E-state index < -0.39 is 11.7 Å². The number of rotatable bonds is 2. The van der Waals surface area contributed by atoms with E-state index in [-0.39, 0.29) is 28.1 Å². The van der Waals surface area contributed by atoms with Crippen LogP contribution < -0.4 is 0 Å². The first-order chi connectivity index (χ1) is 12.3. The molecular weight excluding hydrogens is 392 g/mol. The minimum absolute atomic E-state index is 0.0354. The van der Waals surface area contributed by atoms with Crippen molar-refractivity contribution in [3.8, 4) is 23.0 Å². The largest absolute Gasteiger partial charge is 0.417 e. The molecule has 0 unspecified atom stereocenters. The summed E-state index contributed by atoms with van der Waals surface area (Å²) >= 11 is 12.0. The summed E-state index contributed by atoms with van der Waals surface area (Å²) in [6.07, 6.45) is -2.30. The van der Waals surface area contributed by atoms with Gasteiger partial charge in [-0.05, 0) is 18.2 Å². The molecular formula is C16H7Cl2F3N4O. The lowest BCUT2D eigenvalue weighted by Gasteiger charge is -2.07. The fourth-order valence-electron chi connectivity index (χ4n) is 2.39. The average molecular weight is 399 g/mol. The predicted molar refractivity (Wildman–Crippen MR) is 88.9 cm³/mol. The molecule has 0 spiro atoms. The zero-order valence-electron chi connectivity index (χ0n) is 12.6. The Morgan fingerprint density at radius 1 is 1.00 bits per heavy atom. The molecule has 5 nitrogen and oxygen atoms in total. The van der Waals surface area contributed by atoms with Crippen molar-refractivity contribution in [2.24, 2.45) is 0 Å². The van der Waals surface area contributed by atoms with E-state index in [1.54, 1.807) is 24.3 Å². The molecule has 26 heavy (non-hydrogen) atoms. The Morgan fingerprint density at radius 2 is 1.77 bits per heavy atom. The molecule has 0 saturated heterocycles. The number of hydrogen-bond donors (Lipinski definition) is 0. The predicted octanol–water partition coefficient (Wildman–Crippen LogP) is 5.38. The van der Waals surface area contributed by atoms with Crippen molar-refractivity contribution in [2.75, 3.05) is 0 Å². The molecule has 0 bridgehead atoms. The fraction of sp³-hybridized carbons (Fsp3) is 0.0625. The number of halogens is 5. The zero-order valence-corrected chi connectivity index (χ0v) is 14.1. The van der Waals surface area contributed by atoms with Gasteiger partial charge in [0.15, 0.2) is 5.65 Å². The van der Waals surface area contributed by atoms with Gasteiger partial charge in [0.05, 0.1) is 15.6 Å².